The minimum Gasteiger partial charge on any atom is -0.494 e. The average molecular weight is 808 g/mol. The highest BCUT2D eigenvalue weighted by Gasteiger charge is 2.62. The van der Waals surface area contributed by atoms with Crippen LogP contribution >= 0.6 is 0 Å². The Bertz CT molecular complexity index is 2010. The fourth-order valence-electron chi connectivity index (χ4n) is 7.50. The number of alkyl halides is 3. The number of nitrogens with one attached hydrogen (secondary N) is 3. The van der Waals surface area contributed by atoms with Gasteiger partial charge in [0.2, 0.25) is 33.3 Å². The molecule has 1 aromatic carbocycles. The third kappa shape index (κ3) is 8.54. The Labute approximate surface area is 323 Å². The maximum absolute atomic E-state index is 14.7. The highest BCUT2D eigenvalue weighted by molar-refractivity contribution is 7.91. The monoisotopic (exact) mass is 807 g/mol. The predicted octanol–water partition coefficient (Wildman–Crippen LogP) is 4.52. The van der Waals surface area contributed by atoms with Crippen molar-refractivity contribution in [2.75, 3.05) is 13.7 Å². The predicted molar refractivity (Wildman–Crippen MR) is 197 cm³/mol. The number of carbonyl (C=O) groups is 4. The van der Waals surface area contributed by atoms with Gasteiger partial charge in [0.25, 0.3) is 5.91 Å². The number of carbonyl (C=O) groups excluding carboxylic acids is 4. The topological polar surface area (TPSA) is 182 Å². The summed E-state index contributed by atoms with van der Waals surface area (Å²) >= 11 is 0. The lowest BCUT2D eigenvalue weighted by Crippen LogP contribution is -2.59. The van der Waals surface area contributed by atoms with Gasteiger partial charge in [-0.3, -0.25) is 19.1 Å². The first-order chi connectivity index (χ1) is 26.3. The van der Waals surface area contributed by atoms with Crippen molar-refractivity contribution in [2.24, 2.45) is 17.8 Å². The number of allylic oxidation sites excluding steroid dienone is 1. The summed E-state index contributed by atoms with van der Waals surface area (Å²) in [4.78, 5) is 61.5. The number of nitrogens with zero attached hydrogens (tertiary/aromatic N) is 2. The van der Waals surface area contributed by atoms with Crippen LogP contribution in [0, 0.1) is 17.8 Å². The zero-order valence-electron chi connectivity index (χ0n) is 31.9. The molecule has 4 aliphatic rings. The molecule has 6 rings (SSSR count). The molecular weight excluding hydrogens is 760 g/mol. The SMILES string of the molecule is COc1cnc(O[C@@H]2C[C@H]3C(=O)N[C@]4(C(=O)NS(=O)(=O)C5CC5)C[C@H]4C=CCC[C@H](C)C[C@@H](C)[C@H](NC(=O)OC(C)(C)C(F)(F)F)C(=O)N3C2)c2ccccc12. The van der Waals surface area contributed by atoms with Gasteiger partial charge in [0.05, 0.1) is 25.1 Å². The minimum absolute atomic E-state index is 0.0323. The quantitative estimate of drug-likeness (QED) is 0.321. The number of benzene rings is 1. The van der Waals surface area contributed by atoms with Gasteiger partial charge in [0.15, 0.2) is 0 Å². The number of aromatic nitrogens is 1. The minimum atomic E-state index is -4.91. The van der Waals surface area contributed by atoms with Gasteiger partial charge in [-0.25, -0.2) is 18.2 Å². The zero-order valence-corrected chi connectivity index (χ0v) is 32.7. The summed E-state index contributed by atoms with van der Waals surface area (Å²) in [5.74, 6) is -2.97. The van der Waals surface area contributed by atoms with Crippen LogP contribution in [0.4, 0.5) is 18.0 Å². The van der Waals surface area contributed by atoms with Crippen molar-refractivity contribution >= 4 is 44.6 Å². The van der Waals surface area contributed by atoms with Gasteiger partial charge in [-0.05, 0) is 70.3 Å². The molecular formula is C38H48F3N5O9S. The van der Waals surface area contributed by atoms with Crippen LogP contribution in [-0.2, 0) is 29.1 Å². The van der Waals surface area contributed by atoms with Crippen LogP contribution in [0.15, 0.2) is 42.6 Å². The third-order valence-corrected chi connectivity index (χ3v) is 13.0. The standard InChI is InChI=1S/C38H48F3N5O9S/c1-21-10-6-7-11-23-18-37(23,34(49)45-56(51,52)25-14-15-25)44-31(47)28-17-24(54-32-27-13-9-8-12-26(27)29(53-5)19-42-32)20-46(28)33(48)30(22(2)16-21)43-35(50)55-36(3,4)38(39,40)41/h7-9,11-13,19,21-25,28,30H,6,10,14-18,20H2,1-5H3,(H,43,50)(H,44,47)(H,45,49)/t21-,22+,23+,24+,28-,30-,37+/m0/s1. The van der Waals surface area contributed by atoms with Crippen molar-refractivity contribution in [3.05, 3.63) is 42.6 Å². The highest BCUT2D eigenvalue weighted by Crippen LogP contribution is 2.46. The number of sulfonamides is 1. The van der Waals surface area contributed by atoms with E-state index in [9.17, 15) is 40.8 Å². The fourth-order valence-corrected chi connectivity index (χ4v) is 8.86. The molecule has 2 aromatic rings. The van der Waals surface area contributed by atoms with Gasteiger partial charge in [0, 0.05) is 23.1 Å². The summed E-state index contributed by atoms with van der Waals surface area (Å²) in [6.07, 6.45) is 0.236. The van der Waals surface area contributed by atoms with Crippen LogP contribution in [0.25, 0.3) is 10.8 Å². The van der Waals surface area contributed by atoms with E-state index in [0.29, 0.717) is 62.5 Å². The second-order valence-corrected chi connectivity index (χ2v) is 17.9. The molecule has 2 aliphatic carbocycles. The number of alkyl carbamates (subject to hydrolysis) is 1. The molecule has 2 saturated carbocycles. The molecule has 4 amide bonds. The Morgan fingerprint density at radius 2 is 1.75 bits per heavy atom. The Morgan fingerprint density at radius 1 is 1.05 bits per heavy atom. The molecule has 3 N–H and O–H groups in total. The van der Waals surface area contributed by atoms with Crippen LogP contribution in [0.1, 0.15) is 72.6 Å². The Morgan fingerprint density at radius 3 is 2.41 bits per heavy atom. The van der Waals surface area contributed by atoms with E-state index in [4.69, 9.17) is 14.2 Å². The molecule has 7 atom stereocenters. The lowest BCUT2D eigenvalue weighted by Gasteiger charge is -2.34. The number of hydrogen-bond donors (Lipinski definition) is 3. The summed E-state index contributed by atoms with van der Waals surface area (Å²) in [6, 6.07) is 4.42. The molecule has 1 aromatic heterocycles. The Kier molecular flexibility index (Phi) is 11.3. The van der Waals surface area contributed by atoms with E-state index in [1.54, 1.807) is 25.1 Å². The molecule has 56 heavy (non-hydrogen) atoms. The summed E-state index contributed by atoms with van der Waals surface area (Å²) < 4.78 is 85.5. The number of pyridine rings is 1. The average Bonchev–Trinajstić information content (AvgIpc) is 4.05. The molecule has 0 bridgehead atoms. The lowest BCUT2D eigenvalue weighted by atomic mass is 9.88. The highest BCUT2D eigenvalue weighted by atomic mass is 32.2. The number of hydrogen-bond acceptors (Lipinski definition) is 10. The third-order valence-electron chi connectivity index (χ3n) is 11.1. The van der Waals surface area contributed by atoms with Gasteiger partial charge >= 0.3 is 12.3 Å². The summed E-state index contributed by atoms with van der Waals surface area (Å²) in [7, 11) is -2.48. The molecule has 0 unspecified atom stereocenters. The van der Waals surface area contributed by atoms with Gasteiger partial charge in [-0.15, -0.1) is 0 Å². The number of fused-ring (bicyclic) bond motifs is 3. The van der Waals surface area contributed by atoms with E-state index in [0.717, 1.165) is 0 Å². The van der Waals surface area contributed by atoms with Crippen LogP contribution in [0.3, 0.4) is 0 Å². The molecule has 18 heteroatoms. The first kappa shape index (κ1) is 41.0. The van der Waals surface area contributed by atoms with E-state index in [-0.39, 0.29) is 31.2 Å². The number of rotatable bonds is 8. The number of halogens is 3. The van der Waals surface area contributed by atoms with Crippen molar-refractivity contribution in [3.8, 4) is 11.6 Å². The number of amides is 4. The molecule has 3 fully saturated rings. The van der Waals surface area contributed by atoms with Gasteiger partial charge in [0.1, 0.15) is 29.5 Å². The molecule has 3 heterocycles. The lowest BCUT2D eigenvalue weighted by molar-refractivity contribution is -0.244. The van der Waals surface area contributed by atoms with Crippen molar-refractivity contribution in [3.63, 3.8) is 0 Å². The van der Waals surface area contributed by atoms with Crippen LogP contribution < -0.4 is 24.8 Å². The van der Waals surface area contributed by atoms with E-state index < -0.39 is 86.4 Å². The van der Waals surface area contributed by atoms with Crippen molar-refractivity contribution in [2.45, 2.75) is 113 Å². The Balaban J connectivity index is 1.35. The first-order valence-electron chi connectivity index (χ1n) is 18.8. The second kappa shape index (κ2) is 15.4. The summed E-state index contributed by atoms with van der Waals surface area (Å²) in [5, 5.41) is 5.74. The normalized spacial score (nSPS) is 28.9. The van der Waals surface area contributed by atoms with Crippen LogP contribution in [0.5, 0.6) is 11.6 Å². The maximum Gasteiger partial charge on any atom is 0.427 e. The second-order valence-electron chi connectivity index (χ2n) is 15.9. The summed E-state index contributed by atoms with van der Waals surface area (Å²) in [5.41, 5.74) is -4.50. The molecule has 0 radical (unpaired) electrons. The van der Waals surface area contributed by atoms with Crippen molar-refractivity contribution in [1.82, 2.24) is 25.2 Å². The van der Waals surface area contributed by atoms with E-state index in [1.165, 1.54) is 18.2 Å². The van der Waals surface area contributed by atoms with Crippen LogP contribution in [-0.4, -0.2) is 96.5 Å². The van der Waals surface area contributed by atoms with Gasteiger partial charge in [-0.1, -0.05) is 44.2 Å². The fraction of sp³-hybridized carbons (Fsp3) is 0.605. The van der Waals surface area contributed by atoms with E-state index >= 15 is 0 Å². The van der Waals surface area contributed by atoms with Crippen molar-refractivity contribution in [1.29, 1.82) is 0 Å². The van der Waals surface area contributed by atoms with Gasteiger partial charge in [-0.2, -0.15) is 13.2 Å². The van der Waals surface area contributed by atoms with Crippen LogP contribution in [0.2, 0.25) is 0 Å². The Hall–Kier alpha value is -4.61. The molecule has 2 aliphatic heterocycles. The summed E-state index contributed by atoms with van der Waals surface area (Å²) in [6.45, 7) is 4.80. The van der Waals surface area contributed by atoms with Crippen molar-refractivity contribution < 1.29 is 55.0 Å². The number of ether oxygens (including phenoxy) is 3. The molecule has 306 valence electrons. The number of methoxy groups -OCH3 is 1. The van der Waals surface area contributed by atoms with E-state index in [2.05, 4.69) is 20.3 Å². The van der Waals surface area contributed by atoms with Gasteiger partial charge < -0.3 is 29.7 Å². The largest absolute Gasteiger partial charge is 0.494 e. The zero-order chi connectivity index (χ0) is 40.8. The maximum atomic E-state index is 14.7. The first-order valence-corrected chi connectivity index (χ1v) is 20.3. The van der Waals surface area contributed by atoms with E-state index in [1.807, 2.05) is 25.1 Å². The molecule has 0 spiro atoms. The molecule has 1 saturated heterocycles. The molecule has 14 nitrogen and oxygen atoms in total. The smallest absolute Gasteiger partial charge is 0.427 e.